The second kappa shape index (κ2) is 8.36. The number of nitrogens with zero attached hydrogens (tertiary/aromatic N) is 2. The quantitative estimate of drug-likeness (QED) is 0.805. The average Bonchev–Trinajstić information content (AvgIpc) is 3.34. The first-order valence-corrected chi connectivity index (χ1v) is 10.6. The minimum Gasteiger partial charge on any atom is -0.376 e. The van der Waals surface area contributed by atoms with Crippen molar-refractivity contribution in [1.82, 2.24) is 15.3 Å². The van der Waals surface area contributed by atoms with Crippen LogP contribution in [-0.4, -0.2) is 41.0 Å². The summed E-state index contributed by atoms with van der Waals surface area (Å²) in [6, 6.07) is 0. The Morgan fingerprint density at radius 3 is 2.79 bits per heavy atom. The zero-order valence-corrected chi connectivity index (χ0v) is 16.7. The van der Waals surface area contributed by atoms with E-state index in [2.05, 4.69) is 20.6 Å². The van der Waals surface area contributed by atoms with Crippen molar-refractivity contribution in [2.45, 2.75) is 51.6 Å². The van der Waals surface area contributed by atoms with Gasteiger partial charge in [-0.05, 0) is 51.0 Å². The predicted octanol–water partition coefficient (Wildman–Crippen LogP) is 2.89. The molecule has 3 heterocycles. The first-order valence-electron chi connectivity index (χ1n) is 9.76. The third-order valence-corrected chi connectivity index (χ3v) is 6.36. The molecule has 8 heteroatoms. The lowest BCUT2D eigenvalue weighted by Gasteiger charge is -2.15. The normalized spacial score (nSPS) is 18.5. The van der Waals surface area contributed by atoms with Crippen molar-refractivity contribution in [1.29, 1.82) is 0 Å². The van der Waals surface area contributed by atoms with Crippen LogP contribution < -0.4 is 10.6 Å². The summed E-state index contributed by atoms with van der Waals surface area (Å²) in [7, 11) is 0. The SMILES string of the molecule is Cc1cnc(C(=O)Nc2sc3c(c2C(=O)NC[C@@H]2CCCO2)CCCC3)cn1. The lowest BCUT2D eigenvalue weighted by Crippen LogP contribution is -2.32. The number of aromatic nitrogens is 2. The largest absolute Gasteiger partial charge is 0.376 e. The number of hydrogen-bond acceptors (Lipinski definition) is 6. The Hall–Kier alpha value is -2.32. The Morgan fingerprint density at radius 1 is 1.18 bits per heavy atom. The number of thiophene rings is 1. The second-order valence-corrected chi connectivity index (χ2v) is 8.36. The van der Waals surface area contributed by atoms with Crippen LogP contribution in [-0.2, 0) is 17.6 Å². The summed E-state index contributed by atoms with van der Waals surface area (Å²) < 4.78 is 5.60. The molecule has 1 aliphatic heterocycles. The molecule has 4 rings (SSSR count). The Labute approximate surface area is 167 Å². The monoisotopic (exact) mass is 400 g/mol. The number of rotatable bonds is 5. The number of hydrogen-bond donors (Lipinski definition) is 2. The zero-order chi connectivity index (χ0) is 19.5. The van der Waals surface area contributed by atoms with E-state index in [4.69, 9.17) is 4.74 Å². The standard InChI is InChI=1S/C20H24N4O3S/c1-12-9-22-15(11-21-12)18(25)24-20-17(14-6-2-3-7-16(14)28-20)19(26)23-10-13-5-4-8-27-13/h9,11,13H,2-8,10H2,1H3,(H,23,26)(H,24,25)/t13-/m0/s1. The first kappa shape index (κ1) is 19.0. The Morgan fingerprint density at radius 2 is 2.04 bits per heavy atom. The van der Waals surface area contributed by atoms with E-state index in [0.29, 0.717) is 17.1 Å². The molecule has 2 amide bonds. The molecule has 1 aliphatic carbocycles. The van der Waals surface area contributed by atoms with Gasteiger partial charge in [0, 0.05) is 24.2 Å². The van der Waals surface area contributed by atoms with Crippen molar-refractivity contribution in [2.75, 3.05) is 18.5 Å². The molecular weight excluding hydrogens is 376 g/mol. The molecule has 1 atom stereocenters. The van der Waals surface area contributed by atoms with Crippen LogP contribution in [0.5, 0.6) is 0 Å². The van der Waals surface area contributed by atoms with Crippen LogP contribution >= 0.6 is 11.3 Å². The molecule has 0 spiro atoms. The Bertz CT molecular complexity index is 872. The molecule has 0 unspecified atom stereocenters. The summed E-state index contributed by atoms with van der Waals surface area (Å²) in [5.41, 5.74) is 2.66. The first-order chi connectivity index (χ1) is 13.6. The molecule has 0 radical (unpaired) electrons. The number of amides is 2. The van der Waals surface area contributed by atoms with Gasteiger partial charge in [-0.25, -0.2) is 4.98 Å². The van der Waals surface area contributed by atoms with Gasteiger partial charge in [-0.1, -0.05) is 0 Å². The molecular formula is C20H24N4O3S. The van der Waals surface area contributed by atoms with E-state index < -0.39 is 0 Å². The maximum Gasteiger partial charge on any atom is 0.276 e. The molecule has 2 aromatic heterocycles. The second-order valence-electron chi connectivity index (χ2n) is 7.26. The van der Waals surface area contributed by atoms with Gasteiger partial charge in [0.1, 0.15) is 10.7 Å². The van der Waals surface area contributed by atoms with Crippen LogP contribution in [0, 0.1) is 6.92 Å². The van der Waals surface area contributed by atoms with Crippen molar-refractivity contribution >= 4 is 28.2 Å². The van der Waals surface area contributed by atoms with Crippen LogP contribution in [0.3, 0.4) is 0 Å². The average molecular weight is 401 g/mol. The predicted molar refractivity (Wildman–Crippen MR) is 107 cm³/mol. The topological polar surface area (TPSA) is 93.2 Å². The molecule has 148 valence electrons. The Balaban J connectivity index is 1.55. The van der Waals surface area contributed by atoms with Crippen LogP contribution in [0.1, 0.15) is 62.7 Å². The number of nitrogens with one attached hydrogen (secondary N) is 2. The van der Waals surface area contributed by atoms with Crippen molar-refractivity contribution in [3.8, 4) is 0 Å². The fraction of sp³-hybridized carbons (Fsp3) is 0.500. The van der Waals surface area contributed by atoms with E-state index in [1.54, 1.807) is 6.20 Å². The van der Waals surface area contributed by atoms with Crippen molar-refractivity contribution < 1.29 is 14.3 Å². The highest BCUT2D eigenvalue weighted by Crippen LogP contribution is 2.38. The molecule has 2 aromatic rings. The maximum atomic E-state index is 13.0. The van der Waals surface area contributed by atoms with Gasteiger partial charge < -0.3 is 15.4 Å². The van der Waals surface area contributed by atoms with Gasteiger partial charge in [-0.2, -0.15) is 0 Å². The maximum absolute atomic E-state index is 13.0. The van der Waals surface area contributed by atoms with Crippen molar-refractivity contribution in [2.24, 2.45) is 0 Å². The van der Waals surface area contributed by atoms with Gasteiger partial charge in [-0.3, -0.25) is 14.6 Å². The summed E-state index contributed by atoms with van der Waals surface area (Å²) in [5, 5.41) is 6.50. The molecule has 0 aromatic carbocycles. The number of carbonyl (C=O) groups excluding carboxylic acids is 2. The Kier molecular flexibility index (Phi) is 5.68. The number of carbonyl (C=O) groups is 2. The zero-order valence-electron chi connectivity index (χ0n) is 15.9. The summed E-state index contributed by atoms with van der Waals surface area (Å²) in [6.07, 6.45) is 9.10. The van der Waals surface area contributed by atoms with Crippen LogP contribution in [0.15, 0.2) is 12.4 Å². The highest BCUT2D eigenvalue weighted by atomic mass is 32.1. The molecule has 7 nitrogen and oxygen atoms in total. The lowest BCUT2D eigenvalue weighted by atomic mass is 9.95. The highest BCUT2D eigenvalue weighted by Gasteiger charge is 2.27. The van der Waals surface area contributed by atoms with Gasteiger partial charge in [-0.15, -0.1) is 11.3 Å². The molecule has 2 aliphatic rings. The summed E-state index contributed by atoms with van der Waals surface area (Å²) >= 11 is 1.50. The van der Waals surface area contributed by atoms with Gasteiger partial charge in [0.05, 0.1) is 23.6 Å². The number of ether oxygens (including phenoxy) is 1. The van der Waals surface area contributed by atoms with Gasteiger partial charge >= 0.3 is 0 Å². The van der Waals surface area contributed by atoms with Gasteiger partial charge in [0.25, 0.3) is 11.8 Å². The summed E-state index contributed by atoms with van der Waals surface area (Å²) in [4.78, 5) is 35.1. The third kappa shape index (κ3) is 4.07. The summed E-state index contributed by atoms with van der Waals surface area (Å²) in [6.45, 7) is 3.08. The van der Waals surface area contributed by atoms with Crippen molar-refractivity contribution in [3.05, 3.63) is 39.8 Å². The smallest absolute Gasteiger partial charge is 0.276 e. The lowest BCUT2D eigenvalue weighted by molar-refractivity contribution is 0.0858. The van der Waals surface area contributed by atoms with E-state index in [9.17, 15) is 9.59 Å². The van der Waals surface area contributed by atoms with Crippen LogP contribution in [0.2, 0.25) is 0 Å². The molecule has 1 fully saturated rings. The van der Waals surface area contributed by atoms with Crippen LogP contribution in [0.25, 0.3) is 0 Å². The molecule has 0 bridgehead atoms. The van der Waals surface area contributed by atoms with Crippen molar-refractivity contribution in [3.63, 3.8) is 0 Å². The minimum atomic E-state index is -0.348. The highest BCUT2D eigenvalue weighted by molar-refractivity contribution is 7.17. The fourth-order valence-electron chi connectivity index (χ4n) is 3.67. The number of anilines is 1. The van der Waals surface area contributed by atoms with Gasteiger partial charge in [0.2, 0.25) is 0 Å². The fourth-order valence-corrected chi connectivity index (χ4v) is 4.95. The molecule has 2 N–H and O–H groups in total. The van der Waals surface area contributed by atoms with E-state index in [-0.39, 0.29) is 23.6 Å². The number of aryl methyl sites for hydroxylation is 2. The number of fused-ring (bicyclic) bond motifs is 1. The van der Waals surface area contributed by atoms with E-state index >= 15 is 0 Å². The van der Waals surface area contributed by atoms with E-state index in [1.807, 2.05) is 6.92 Å². The van der Waals surface area contributed by atoms with E-state index in [1.165, 1.54) is 22.4 Å². The third-order valence-electron chi connectivity index (χ3n) is 5.15. The molecule has 0 saturated carbocycles. The minimum absolute atomic E-state index is 0.0827. The van der Waals surface area contributed by atoms with E-state index in [0.717, 1.165) is 56.4 Å². The molecule has 28 heavy (non-hydrogen) atoms. The van der Waals surface area contributed by atoms with Crippen LogP contribution in [0.4, 0.5) is 5.00 Å². The van der Waals surface area contributed by atoms with Gasteiger partial charge in [0.15, 0.2) is 0 Å². The molecule has 1 saturated heterocycles. The summed E-state index contributed by atoms with van der Waals surface area (Å²) in [5.74, 6) is -0.487.